The van der Waals surface area contributed by atoms with E-state index in [9.17, 15) is 4.79 Å². The zero-order valence-corrected chi connectivity index (χ0v) is 16.9. The molecule has 0 spiro atoms. The second kappa shape index (κ2) is 10.2. The first kappa shape index (κ1) is 20.3. The minimum atomic E-state index is -0.0528. The second-order valence-corrected chi connectivity index (χ2v) is 7.66. The number of nitrogens with one attached hydrogen (secondary N) is 1. The summed E-state index contributed by atoms with van der Waals surface area (Å²) < 4.78 is 5.91. The van der Waals surface area contributed by atoms with Gasteiger partial charge in [-0.05, 0) is 56.1 Å². The molecule has 1 atom stereocenters. The van der Waals surface area contributed by atoms with Crippen molar-refractivity contribution >= 4 is 5.91 Å². The Bertz CT molecular complexity index is 715. The summed E-state index contributed by atoms with van der Waals surface area (Å²) in [6.45, 7) is 7.13. The maximum absolute atomic E-state index is 13.5. The molecule has 1 aliphatic heterocycles. The number of pyridine rings is 1. The first-order valence-electron chi connectivity index (χ1n) is 10.3. The summed E-state index contributed by atoms with van der Waals surface area (Å²) in [7, 11) is 0. The fourth-order valence-corrected chi connectivity index (χ4v) is 3.88. The maximum atomic E-state index is 13.5. The standard InChI is InChI=1S/C23H31N3O2/c1-18(2)22(21-10-6-7-13-25-21)26(23(27)19-11-14-24-15-12-19)16-17-28-20-8-4-3-5-9-20/h3-10,13,18-19,22,24H,11-12,14-17H2,1-2H3/t22-/m1/s1. The topological polar surface area (TPSA) is 54.5 Å². The van der Waals surface area contributed by atoms with Gasteiger partial charge in [-0.2, -0.15) is 0 Å². The molecule has 150 valence electrons. The van der Waals surface area contributed by atoms with Crippen molar-refractivity contribution in [3.05, 3.63) is 60.4 Å². The van der Waals surface area contributed by atoms with Gasteiger partial charge >= 0.3 is 0 Å². The number of piperidine rings is 1. The molecule has 2 aromatic rings. The number of para-hydroxylation sites is 1. The monoisotopic (exact) mass is 381 g/mol. The average Bonchev–Trinajstić information content (AvgIpc) is 2.74. The predicted molar refractivity (Wildman–Crippen MR) is 111 cm³/mol. The zero-order valence-electron chi connectivity index (χ0n) is 16.9. The highest BCUT2D eigenvalue weighted by Crippen LogP contribution is 2.30. The molecule has 0 unspecified atom stereocenters. The van der Waals surface area contributed by atoms with Crippen LogP contribution in [0.2, 0.25) is 0 Å². The number of ether oxygens (including phenoxy) is 1. The van der Waals surface area contributed by atoms with Gasteiger partial charge in [0.15, 0.2) is 0 Å². The van der Waals surface area contributed by atoms with Crippen molar-refractivity contribution in [2.24, 2.45) is 11.8 Å². The Labute approximate surface area is 168 Å². The Morgan fingerprint density at radius 1 is 1.14 bits per heavy atom. The number of nitrogens with zero attached hydrogens (tertiary/aromatic N) is 2. The highest BCUT2D eigenvalue weighted by molar-refractivity contribution is 5.79. The van der Waals surface area contributed by atoms with E-state index < -0.39 is 0 Å². The third-order valence-corrected chi connectivity index (χ3v) is 5.27. The largest absolute Gasteiger partial charge is 0.492 e. The molecule has 0 bridgehead atoms. The van der Waals surface area contributed by atoms with Crippen LogP contribution in [-0.2, 0) is 4.79 Å². The van der Waals surface area contributed by atoms with Crippen molar-refractivity contribution in [2.45, 2.75) is 32.7 Å². The van der Waals surface area contributed by atoms with E-state index in [2.05, 4.69) is 24.1 Å². The lowest BCUT2D eigenvalue weighted by molar-refractivity contribution is -0.140. The maximum Gasteiger partial charge on any atom is 0.226 e. The molecule has 1 fully saturated rings. The van der Waals surface area contributed by atoms with E-state index in [1.165, 1.54) is 0 Å². The summed E-state index contributed by atoms with van der Waals surface area (Å²) in [6.07, 6.45) is 3.59. The SMILES string of the molecule is CC(C)[C@H](c1ccccn1)N(CCOc1ccccc1)C(=O)C1CCNCC1. The first-order chi connectivity index (χ1) is 13.7. The summed E-state index contributed by atoms with van der Waals surface area (Å²) in [4.78, 5) is 20.0. The highest BCUT2D eigenvalue weighted by atomic mass is 16.5. The normalized spacial score (nSPS) is 16.0. The number of carbonyl (C=O) groups excluding carboxylic acids is 1. The molecule has 5 nitrogen and oxygen atoms in total. The minimum absolute atomic E-state index is 0.0528. The summed E-state index contributed by atoms with van der Waals surface area (Å²) >= 11 is 0. The second-order valence-electron chi connectivity index (χ2n) is 7.66. The number of rotatable bonds is 8. The Morgan fingerprint density at radius 3 is 2.50 bits per heavy atom. The van der Waals surface area contributed by atoms with Crippen molar-refractivity contribution in [3.63, 3.8) is 0 Å². The summed E-state index contributed by atoms with van der Waals surface area (Å²) in [5.41, 5.74) is 0.944. The van der Waals surface area contributed by atoms with Crippen LogP contribution in [0.1, 0.15) is 38.4 Å². The van der Waals surface area contributed by atoms with Crippen LogP contribution >= 0.6 is 0 Å². The number of aromatic nitrogens is 1. The molecular weight excluding hydrogens is 350 g/mol. The van der Waals surface area contributed by atoms with Crippen molar-refractivity contribution in [1.82, 2.24) is 15.2 Å². The number of hydrogen-bond acceptors (Lipinski definition) is 4. The van der Waals surface area contributed by atoms with Gasteiger partial charge in [0.25, 0.3) is 0 Å². The van der Waals surface area contributed by atoms with Crippen LogP contribution in [0.15, 0.2) is 54.7 Å². The third-order valence-electron chi connectivity index (χ3n) is 5.27. The summed E-state index contributed by atoms with van der Waals surface area (Å²) in [5, 5.41) is 3.35. The van der Waals surface area contributed by atoms with Gasteiger partial charge in [0.2, 0.25) is 5.91 Å². The van der Waals surface area contributed by atoms with Crippen molar-refractivity contribution in [2.75, 3.05) is 26.2 Å². The van der Waals surface area contributed by atoms with Crippen molar-refractivity contribution < 1.29 is 9.53 Å². The van der Waals surface area contributed by atoms with Crippen molar-refractivity contribution in [1.29, 1.82) is 0 Å². The molecule has 1 aromatic heterocycles. The quantitative estimate of drug-likeness (QED) is 0.758. The molecule has 3 rings (SSSR count). The lowest BCUT2D eigenvalue weighted by Gasteiger charge is -2.37. The first-order valence-corrected chi connectivity index (χ1v) is 10.3. The molecule has 1 amide bonds. The van der Waals surface area contributed by atoms with E-state index in [0.717, 1.165) is 37.4 Å². The van der Waals surface area contributed by atoms with E-state index in [0.29, 0.717) is 13.2 Å². The van der Waals surface area contributed by atoms with E-state index >= 15 is 0 Å². The number of hydrogen-bond donors (Lipinski definition) is 1. The zero-order chi connectivity index (χ0) is 19.8. The van der Waals surface area contributed by atoms with Gasteiger partial charge in [-0.3, -0.25) is 9.78 Å². The van der Waals surface area contributed by atoms with Crippen LogP contribution in [0, 0.1) is 11.8 Å². The number of carbonyl (C=O) groups is 1. The molecule has 0 saturated carbocycles. The summed E-state index contributed by atoms with van der Waals surface area (Å²) in [6, 6.07) is 15.6. The van der Waals surface area contributed by atoms with Gasteiger partial charge in [0, 0.05) is 12.1 Å². The van der Waals surface area contributed by atoms with Crippen LogP contribution in [0.25, 0.3) is 0 Å². The van der Waals surface area contributed by atoms with Gasteiger partial charge < -0.3 is 15.0 Å². The van der Waals surface area contributed by atoms with Crippen LogP contribution in [0.4, 0.5) is 0 Å². The predicted octanol–water partition coefficient (Wildman–Crippen LogP) is 3.69. The lowest BCUT2D eigenvalue weighted by Crippen LogP contribution is -2.46. The Morgan fingerprint density at radius 2 is 1.86 bits per heavy atom. The molecule has 28 heavy (non-hydrogen) atoms. The molecule has 1 aliphatic rings. The van der Waals surface area contributed by atoms with Gasteiger partial charge in [-0.15, -0.1) is 0 Å². The molecular formula is C23H31N3O2. The molecule has 1 saturated heterocycles. The lowest BCUT2D eigenvalue weighted by atomic mass is 9.92. The fourth-order valence-electron chi connectivity index (χ4n) is 3.88. The van der Waals surface area contributed by atoms with E-state index in [1.807, 2.05) is 53.4 Å². The van der Waals surface area contributed by atoms with Crippen LogP contribution in [-0.4, -0.2) is 42.0 Å². The molecule has 0 radical (unpaired) electrons. The van der Waals surface area contributed by atoms with E-state index in [1.54, 1.807) is 6.20 Å². The van der Waals surface area contributed by atoms with Gasteiger partial charge in [0.05, 0.1) is 18.3 Å². The number of benzene rings is 1. The summed E-state index contributed by atoms with van der Waals surface area (Å²) in [5.74, 6) is 1.39. The van der Waals surface area contributed by atoms with E-state index in [4.69, 9.17) is 4.74 Å². The van der Waals surface area contributed by atoms with Gasteiger partial charge in [0.1, 0.15) is 12.4 Å². The Hall–Kier alpha value is -2.40. The Balaban J connectivity index is 1.78. The molecule has 0 aliphatic carbocycles. The van der Waals surface area contributed by atoms with Crippen molar-refractivity contribution in [3.8, 4) is 5.75 Å². The average molecular weight is 382 g/mol. The smallest absolute Gasteiger partial charge is 0.226 e. The number of amides is 1. The fraction of sp³-hybridized carbons (Fsp3) is 0.478. The highest BCUT2D eigenvalue weighted by Gasteiger charge is 2.33. The molecule has 1 aromatic carbocycles. The van der Waals surface area contributed by atoms with Gasteiger partial charge in [-0.1, -0.05) is 38.1 Å². The molecule has 2 heterocycles. The van der Waals surface area contributed by atoms with Crippen LogP contribution in [0.5, 0.6) is 5.75 Å². The molecule has 1 N–H and O–H groups in total. The van der Waals surface area contributed by atoms with E-state index in [-0.39, 0.29) is 23.8 Å². The van der Waals surface area contributed by atoms with Gasteiger partial charge in [-0.25, -0.2) is 0 Å². The third kappa shape index (κ3) is 5.32. The van der Waals surface area contributed by atoms with Crippen LogP contribution < -0.4 is 10.1 Å². The van der Waals surface area contributed by atoms with Crippen LogP contribution in [0.3, 0.4) is 0 Å². The Kier molecular flexibility index (Phi) is 7.43. The molecule has 5 heteroatoms. The minimum Gasteiger partial charge on any atom is -0.492 e.